The fourth-order valence-electron chi connectivity index (χ4n) is 5.48. The second kappa shape index (κ2) is 10.5. The van der Waals surface area contributed by atoms with E-state index in [-0.39, 0.29) is 12.6 Å². The predicted octanol–water partition coefficient (Wildman–Crippen LogP) is 4.52. The number of halogens is 1. The lowest BCUT2D eigenvalue weighted by atomic mass is 9.80. The fourth-order valence-corrected chi connectivity index (χ4v) is 6.50. The van der Waals surface area contributed by atoms with Crippen LogP contribution in [0.1, 0.15) is 31.2 Å². The molecule has 33 heavy (non-hydrogen) atoms. The normalized spacial score (nSPS) is 26.2. The molecule has 0 spiro atoms. The van der Waals surface area contributed by atoms with Crippen molar-refractivity contribution >= 4 is 11.8 Å². The SMILES string of the molecule is CCC(C1CSCCN1)N1CC[C@H](c2ccc(F)cc2)[C@@H](COc2ccc3c(c2)OCO3)C1. The van der Waals surface area contributed by atoms with Crippen LogP contribution in [0.15, 0.2) is 42.5 Å². The largest absolute Gasteiger partial charge is 0.493 e. The number of likely N-dealkylation sites (tertiary alicyclic amines) is 1. The van der Waals surface area contributed by atoms with Crippen LogP contribution in [0.25, 0.3) is 0 Å². The Morgan fingerprint density at radius 3 is 2.82 bits per heavy atom. The van der Waals surface area contributed by atoms with Crippen LogP contribution in [0.5, 0.6) is 17.2 Å². The fraction of sp³-hybridized carbons (Fsp3) is 0.538. The minimum atomic E-state index is -0.184. The Kier molecular flexibility index (Phi) is 7.28. The average molecular weight is 473 g/mol. The summed E-state index contributed by atoms with van der Waals surface area (Å²) in [4.78, 5) is 2.66. The van der Waals surface area contributed by atoms with Gasteiger partial charge in [-0.2, -0.15) is 11.8 Å². The van der Waals surface area contributed by atoms with E-state index in [1.54, 1.807) is 12.1 Å². The van der Waals surface area contributed by atoms with Crippen molar-refractivity contribution < 1.29 is 18.6 Å². The predicted molar refractivity (Wildman–Crippen MR) is 130 cm³/mol. The molecule has 2 unspecified atom stereocenters. The van der Waals surface area contributed by atoms with Gasteiger partial charge in [0.25, 0.3) is 0 Å². The van der Waals surface area contributed by atoms with E-state index < -0.39 is 0 Å². The highest BCUT2D eigenvalue weighted by Gasteiger charge is 2.36. The molecular formula is C26H33FN2O3S. The second-order valence-electron chi connectivity index (χ2n) is 9.14. The number of nitrogens with zero attached hydrogens (tertiary/aromatic N) is 1. The highest BCUT2D eigenvalue weighted by atomic mass is 32.2. The maximum atomic E-state index is 13.6. The summed E-state index contributed by atoms with van der Waals surface area (Å²) in [5, 5.41) is 3.75. The van der Waals surface area contributed by atoms with Crippen LogP contribution in [0, 0.1) is 11.7 Å². The molecule has 0 aliphatic carbocycles. The highest BCUT2D eigenvalue weighted by Crippen LogP contribution is 2.38. The standard InChI is InChI=1S/C26H33FN2O3S/c1-2-24(23-16-33-12-10-28-23)29-11-9-22(18-3-5-20(27)6-4-18)19(14-29)15-30-21-7-8-25-26(13-21)32-17-31-25/h3-8,13,19,22-24,28H,2,9-12,14-17H2,1H3/t19-,22-,23?,24?/m1/s1. The number of hydrogen-bond donors (Lipinski definition) is 1. The zero-order valence-corrected chi connectivity index (χ0v) is 20.0. The third kappa shape index (κ3) is 5.26. The van der Waals surface area contributed by atoms with Crippen LogP contribution in [-0.4, -0.2) is 61.5 Å². The van der Waals surface area contributed by atoms with Gasteiger partial charge < -0.3 is 19.5 Å². The van der Waals surface area contributed by atoms with Gasteiger partial charge >= 0.3 is 0 Å². The average Bonchev–Trinajstić information content (AvgIpc) is 3.33. The summed E-state index contributed by atoms with van der Waals surface area (Å²) < 4.78 is 30.8. The maximum Gasteiger partial charge on any atom is 0.231 e. The van der Waals surface area contributed by atoms with Crippen molar-refractivity contribution in [2.24, 2.45) is 5.92 Å². The number of benzene rings is 2. The van der Waals surface area contributed by atoms with Gasteiger partial charge in [-0.3, -0.25) is 4.90 Å². The molecule has 1 N–H and O–H groups in total. The Hall–Kier alpha value is -1.96. The molecule has 0 aromatic heterocycles. The zero-order valence-electron chi connectivity index (χ0n) is 19.2. The molecule has 4 atom stereocenters. The van der Waals surface area contributed by atoms with E-state index in [0.29, 0.717) is 30.5 Å². The van der Waals surface area contributed by atoms with Crippen LogP contribution >= 0.6 is 11.8 Å². The number of fused-ring (bicyclic) bond motifs is 1. The molecule has 3 aliphatic heterocycles. The van der Waals surface area contributed by atoms with Crippen molar-refractivity contribution in [3.63, 3.8) is 0 Å². The number of nitrogens with one attached hydrogen (secondary N) is 1. The lowest BCUT2D eigenvalue weighted by Gasteiger charge is -2.45. The molecule has 7 heteroatoms. The number of hydrogen-bond acceptors (Lipinski definition) is 6. The van der Waals surface area contributed by atoms with Gasteiger partial charge in [-0.15, -0.1) is 0 Å². The van der Waals surface area contributed by atoms with Gasteiger partial charge in [0.1, 0.15) is 11.6 Å². The number of ether oxygens (including phenoxy) is 3. The summed E-state index contributed by atoms with van der Waals surface area (Å²) in [6, 6.07) is 13.9. The molecule has 5 nitrogen and oxygen atoms in total. The molecule has 5 rings (SSSR count). The smallest absolute Gasteiger partial charge is 0.231 e. The van der Waals surface area contributed by atoms with Crippen LogP contribution in [0.2, 0.25) is 0 Å². The summed E-state index contributed by atoms with van der Waals surface area (Å²) in [5.41, 5.74) is 1.20. The maximum absolute atomic E-state index is 13.6. The molecular weight excluding hydrogens is 439 g/mol. The monoisotopic (exact) mass is 472 g/mol. The molecule has 2 saturated heterocycles. The molecule has 0 amide bonds. The second-order valence-corrected chi connectivity index (χ2v) is 10.3. The van der Waals surface area contributed by atoms with Gasteiger partial charge in [0.2, 0.25) is 6.79 Å². The van der Waals surface area contributed by atoms with Crippen molar-refractivity contribution in [2.75, 3.05) is 44.5 Å². The van der Waals surface area contributed by atoms with Gasteiger partial charge in [-0.25, -0.2) is 4.39 Å². The zero-order chi connectivity index (χ0) is 22.6. The first kappa shape index (κ1) is 22.8. The Morgan fingerprint density at radius 2 is 2.03 bits per heavy atom. The van der Waals surface area contributed by atoms with Crippen LogP contribution in [0.3, 0.4) is 0 Å². The number of piperidine rings is 1. The molecule has 2 aromatic carbocycles. The molecule has 0 bridgehead atoms. The van der Waals surface area contributed by atoms with Crippen molar-refractivity contribution in [2.45, 2.75) is 37.8 Å². The van der Waals surface area contributed by atoms with E-state index >= 15 is 0 Å². The Bertz CT molecular complexity index is 922. The summed E-state index contributed by atoms with van der Waals surface area (Å²) >= 11 is 2.06. The minimum absolute atomic E-state index is 0.184. The highest BCUT2D eigenvalue weighted by molar-refractivity contribution is 7.99. The van der Waals surface area contributed by atoms with Gasteiger partial charge in [-0.1, -0.05) is 19.1 Å². The van der Waals surface area contributed by atoms with Gasteiger partial charge in [0, 0.05) is 48.7 Å². The van der Waals surface area contributed by atoms with Crippen LogP contribution in [-0.2, 0) is 0 Å². The number of rotatable bonds is 7. The van der Waals surface area contributed by atoms with Crippen molar-refractivity contribution in [1.29, 1.82) is 0 Å². The first-order valence-electron chi connectivity index (χ1n) is 12.0. The van der Waals surface area contributed by atoms with Crippen LogP contribution in [0.4, 0.5) is 4.39 Å². The first-order valence-corrected chi connectivity index (χ1v) is 13.2. The lowest BCUT2D eigenvalue weighted by molar-refractivity contribution is 0.0644. The van der Waals surface area contributed by atoms with Gasteiger partial charge in [-0.05, 0) is 55.1 Å². The Morgan fingerprint density at radius 1 is 1.18 bits per heavy atom. The molecule has 3 aliphatic rings. The van der Waals surface area contributed by atoms with E-state index in [4.69, 9.17) is 14.2 Å². The van der Waals surface area contributed by atoms with E-state index in [9.17, 15) is 4.39 Å². The summed E-state index contributed by atoms with van der Waals surface area (Å²) in [7, 11) is 0. The Labute approximate surface area is 200 Å². The van der Waals surface area contributed by atoms with E-state index in [2.05, 4.69) is 28.9 Å². The quantitative estimate of drug-likeness (QED) is 0.639. The van der Waals surface area contributed by atoms with Crippen molar-refractivity contribution in [1.82, 2.24) is 10.2 Å². The third-order valence-corrected chi connectivity index (χ3v) is 8.26. The molecule has 3 heterocycles. The Balaban J connectivity index is 1.32. The molecule has 0 radical (unpaired) electrons. The van der Waals surface area contributed by atoms with E-state index in [1.807, 2.05) is 30.3 Å². The van der Waals surface area contributed by atoms with Crippen molar-refractivity contribution in [3.8, 4) is 17.2 Å². The summed E-state index contributed by atoms with van der Waals surface area (Å²) in [5.74, 6) is 5.16. The topological polar surface area (TPSA) is 43.0 Å². The lowest BCUT2D eigenvalue weighted by Crippen LogP contribution is -2.56. The van der Waals surface area contributed by atoms with E-state index in [0.717, 1.165) is 49.7 Å². The van der Waals surface area contributed by atoms with E-state index in [1.165, 1.54) is 17.1 Å². The third-order valence-electron chi connectivity index (χ3n) is 7.17. The molecule has 178 valence electrons. The summed E-state index contributed by atoms with van der Waals surface area (Å²) in [6.45, 7) is 6.30. The van der Waals surface area contributed by atoms with Gasteiger partial charge in [0.05, 0.1) is 6.61 Å². The molecule has 0 saturated carbocycles. The van der Waals surface area contributed by atoms with Crippen LogP contribution < -0.4 is 19.5 Å². The minimum Gasteiger partial charge on any atom is -0.493 e. The van der Waals surface area contributed by atoms with Gasteiger partial charge in [0.15, 0.2) is 11.5 Å². The first-order chi connectivity index (χ1) is 16.2. The summed E-state index contributed by atoms with van der Waals surface area (Å²) in [6.07, 6.45) is 2.19. The molecule has 2 fully saturated rings. The van der Waals surface area contributed by atoms with Crippen molar-refractivity contribution in [3.05, 3.63) is 53.8 Å². The molecule has 2 aromatic rings. The number of thioether (sulfide) groups is 1.